The molecule has 1 N–H and O–H groups in total. The Kier molecular flexibility index (Phi) is 6.41. The lowest BCUT2D eigenvalue weighted by Gasteiger charge is -2.33. The maximum absolute atomic E-state index is 12.7. The van der Waals surface area contributed by atoms with Crippen LogP contribution in [-0.4, -0.2) is 38.4 Å². The summed E-state index contributed by atoms with van der Waals surface area (Å²) in [7, 11) is -3.63. The van der Waals surface area contributed by atoms with Crippen LogP contribution in [0.25, 0.3) is 0 Å². The average Bonchev–Trinajstić information content (AvgIpc) is 2.61. The van der Waals surface area contributed by atoms with Gasteiger partial charge in [0.2, 0.25) is 10.0 Å². The molecule has 5 nitrogen and oxygen atoms in total. The smallest absolute Gasteiger partial charge is 0.254 e. The number of carbonyl (C=O) groups excluding carboxylic acids is 1. The van der Waals surface area contributed by atoms with E-state index >= 15 is 0 Å². The van der Waals surface area contributed by atoms with Gasteiger partial charge in [-0.3, -0.25) is 4.79 Å². The minimum Gasteiger partial charge on any atom is -0.336 e. The Morgan fingerprint density at radius 3 is 2.42 bits per heavy atom. The van der Waals surface area contributed by atoms with Crippen molar-refractivity contribution in [3.63, 3.8) is 0 Å². The summed E-state index contributed by atoms with van der Waals surface area (Å²) in [4.78, 5) is 14.8. The van der Waals surface area contributed by atoms with Gasteiger partial charge in [0.25, 0.3) is 5.91 Å². The molecule has 0 atom stereocenters. The first-order valence-electron chi connectivity index (χ1n) is 8.33. The minimum atomic E-state index is -3.63. The molecule has 1 fully saturated rings. The molecule has 0 spiro atoms. The molecule has 130 valence electrons. The van der Waals surface area contributed by atoms with E-state index in [9.17, 15) is 13.2 Å². The number of terminal acetylenes is 1. The molecular formula is C18H24N2O3S. The highest BCUT2D eigenvalue weighted by molar-refractivity contribution is 7.89. The number of benzene rings is 1. The van der Waals surface area contributed by atoms with Crippen molar-refractivity contribution in [2.45, 2.75) is 50.0 Å². The van der Waals surface area contributed by atoms with Gasteiger partial charge in [-0.25, -0.2) is 8.42 Å². The monoisotopic (exact) mass is 348 g/mol. The second kappa shape index (κ2) is 8.32. The van der Waals surface area contributed by atoms with Crippen LogP contribution in [0.15, 0.2) is 29.2 Å². The molecule has 0 radical (unpaired) electrons. The van der Waals surface area contributed by atoms with Gasteiger partial charge in [0.05, 0.1) is 11.4 Å². The van der Waals surface area contributed by atoms with E-state index in [1.54, 1.807) is 12.1 Å². The number of nitrogens with one attached hydrogen (secondary N) is 1. The van der Waals surface area contributed by atoms with Crippen molar-refractivity contribution in [2.24, 2.45) is 0 Å². The predicted octanol–water partition coefficient (Wildman–Crippen LogP) is 2.39. The highest BCUT2D eigenvalue weighted by atomic mass is 32.2. The number of nitrogens with zero attached hydrogens (tertiary/aromatic N) is 1. The molecule has 1 aliphatic carbocycles. The molecule has 0 unspecified atom stereocenters. The zero-order valence-corrected chi connectivity index (χ0v) is 14.8. The van der Waals surface area contributed by atoms with Crippen molar-refractivity contribution in [1.29, 1.82) is 0 Å². The quantitative estimate of drug-likeness (QED) is 0.803. The number of rotatable bonds is 6. The topological polar surface area (TPSA) is 66.5 Å². The lowest BCUT2D eigenvalue weighted by atomic mass is 9.93. The van der Waals surface area contributed by atoms with Gasteiger partial charge in [-0.15, -0.1) is 6.42 Å². The zero-order chi connectivity index (χ0) is 17.6. The van der Waals surface area contributed by atoms with Crippen LogP contribution in [-0.2, 0) is 10.0 Å². The van der Waals surface area contributed by atoms with Gasteiger partial charge in [-0.05, 0) is 44.0 Å². The third kappa shape index (κ3) is 4.37. The largest absolute Gasteiger partial charge is 0.336 e. The Bertz CT molecular complexity index is 699. The van der Waals surface area contributed by atoms with E-state index in [1.165, 1.54) is 18.6 Å². The minimum absolute atomic E-state index is 0.0371. The third-order valence-electron chi connectivity index (χ3n) is 4.39. The van der Waals surface area contributed by atoms with Crippen LogP contribution in [0.1, 0.15) is 49.4 Å². The first kappa shape index (κ1) is 18.5. The second-order valence-corrected chi connectivity index (χ2v) is 7.70. The maximum Gasteiger partial charge on any atom is 0.254 e. The van der Waals surface area contributed by atoms with E-state index in [2.05, 4.69) is 10.6 Å². The number of hydrogen-bond donors (Lipinski definition) is 1. The molecule has 0 bridgehead atoms. The van der Waals surface area contributed by atoms with E-state index in [-0.39, 0.29) is 23.4 Å². The van der Waals surface area contributed by atoms with Gasteiger partial charge in [0.1, 0.15) is 0 Å². The fourth-order valence-corrected chi connectivity index (χ4v) is 4.06. The summed E-state index contributed by atoms with van der Waals surface area (Å²) in [6, 6.07) is 6.31. The lowest BCUT2D eigenvalue weighted by molar-refractivity contribution is 0.0648. The Morgan fingerprint density at radius 1 is 1.25 bits per heavy atom. The molecule has 1 aliphatic rings. The van der Waals surface area contributed by atoms with Crippen LogP contribution >= 0.6 is 0 Å². The van der Waals surface area contributed by atoms with Crippen LogP contribution in [0, 0.1) is 12.3 Å². The summed E-state index contributed by atoms with van der Waals surface area (Å²) in [6.45, 7) is 2.58. The van der Waals surface area contributed by atoms with Crippen LogP contribution in [0.2, 0.25) is 0 Å². The zero-order valence-electron chi connectivity index (χ0n) is 14.0. The molecule has 1 amide bonds. The molecule has 0 aliphatic heterocycles. The molecule has 1 saturated carbocycles. The fraction of sp³-hybridized carbons (Fsp3) is 0.500. The van der Waals surface area contributed by atoms with Gasteiger partial charge in [0.15, 0.2) is 0 Å². The average molecular weight is 348 g/mol. The van der Waals surface area contributed by atoms with Crippen molar-refractivity contribution >= 4 is 15.9 Å². The van der Waals surface area contributed by atoms with Gasteiger partial charge >= 0.3 is 0 Å². The van der Waals surface area contributed by atoms with E-state index in [4.69, 9.17) is 6.42 Å². The van der Waals surface area contributed by atoms with Crippen LogP contribution in [0.4, 0.5) is 0 Å². The first-order valence-corrected chi connectivity index (χ1v) is 9.82. The molecule has 1 aromatic rings. The molecular weight excluding hydrogens is 324 g/mol. The normalized spacial score (nSPS) is 15.7. The maximum atomic E-state index is 12.7. The number of amides is 1. The van der Waals surface area contributed by atoms with Gasteiger partial charge in [-0.2, -0.15) is 4.72 Å². The Morgan fingerprint density at radius 2 is 1.88 bits per heavy atom. The predicted molar refractivity (Wildman–Crippen MR) is 94.0 cm³/mol. The summed E-state index contributed by atoms with van der Waals surface area (Å²) in [5.74, 6) is 2.19. The Balaban J connectivity index is 2.14. The van der Waals surface area contributed by atoms with E-state index in [0.29, 0.717) is 12.1 Å². The van der Waals surface area contributed by atoms with Crippen molar-refractivity contribution in [3.05, 3.63) is 29.8 Å². The lowest BCUT2D eigenvalue weighted by Crippen LogP contribution is -2.41. The molecule has 24 heavy (non-hydrogen) atoms. The van der Waals surface area contributed by atoms with Crippen molar-refractivity contribution < 1.29 is 13.2 Å². The van der Waals surface area contributed by atoms with Crippen molar-refractivity contribution in [3.8, 4) is 12.3 Å². The van der Waals surface area contributed by atoms with Gasteiger partial charge < -0.3 is 4.90 Å². The summed E-state index contributed by atoms with van der Waals surface area (Å²) in [5.41, 5.74) is 0.512. The SMILES string of the molecule is C#CCNS(=O)(=O)c1ccc(C(=O)N(CC)C2CCCCC2)cc1. The Labute approximate surface area is 144 Å². The van der Waals surface area contributed by atoms with Gasteiger partial charge in [-0.1, -0.05) is 25.2 Å². The van der Waals surface area contributed by atoms with Crippen LogP contribution < -0.4 is 4.72 Å². The third-order valence-corrected chi connectivity index (χ3v) is 5.81. The molecule has 0 saturated heterocycles. The molecule has 0 heterocycles. The van der Waals surface area contributed by atoms with E-state index in [0.717, 1.165) is 25.7 Å². The Hall–Kier alpha value is -1.84. The van der Waals surface area contributed by atoms with Crippen molar-refractivity contribution in [1.82, 2.24) is 9.62 Å². The molecule has 6 heteroatoms. The summed E-state index contributed by atoms with van der Waals surface area (Å²) < 4.78 is 26.3. The van der Waals surface area contributed by atoms with E-state index < -0.39 is 10.0 Å². The van der Waals surface area contributed by atoms with Crippen LogP contribution in [0.3, 0.4) is 0 Å². The highest BCUT2D eigenvalue weighted by Crippen LogP contribution is 2.24. The molecule has 2 rings (SSSR count). The molecule has 0 aromatic heterocycles. The first-order chi connectivity index (χ1) is 11.5. The summed E-state index contributed by atoms with van der Waals surface area (Å²) in [6.07, 6.45) is 10.7. The summed E-state index contributed by atoms with van der Waals surface area (Å²) >= 11 is 0. The standard InChI is InChI=1S/C18H24N2O3S/c1-3-14-19-24(22,23)17-12-10-15(11-13-17)18(21)20(4-2)16-8-6-5-7-9-16/h1,10-13,16,19H,4-9,14H2,2H3. The molecule has 1 aromatic carbocycles. The number of sulfonamides is 1. The number of carbonyl (C=O) groups is 1. The highest BCUT2D eigenvalue weighted by Gasteiger charge is 2.25. The fourth-order valence-electron chi connectivity index (χ4n) is 3.12. The van der Waals surface area contributed by atoms with E-state index in [1.807, 2.05) is 11.8 Å². The number of hydrogen-bond acceptors (Lipinski definition) is 3. The van der Waals surface area contributed by atoms with Gasteiger partial charge in [0, 0.05) is 18.2 Å². The van der Waals surface area contributed by atoms with Crippen molar-refractivity contribution in [2.75, 3.05) is 13.1 Å². The second-order valence-electron chi connectivity index (χ2n) is 5.94. The summed E-state index contributed by atoms with van der Waals surface area (Å²) in [5, 5.41) is 0. The van der Waals surface area contributed by atoms with Crippen LogP contribution in [0.5, 0.6) is 0 Å².